The van der Waals surface area contributed by atoms with Gasteiger partial charge in [-0.25, -0.2) is 28.5 Å². The number of hydrogen-bond acceptors (Lipinski definition) is 19. The Morgan fingerprint density at radius 1 is 0.642 bits per heavy atom. The maximum Gasteiger partial charge on any atom is 0.394 e. The number of halogens is 1. The summed E-state index contributed by atoms with van der Waals surface area (Å²) in [7, 11) is 12.6. The van der Waals surface area contributed by atoms with Crippen molar-refractivity contribution in [3.05, 3.63) is 216 Å². The van der Waals surface area contributed by atoms with Crippen LogP contribution in [-0.2, 0) is 24.7 Å². The molecule has 6 aromatic rings. The highest BCUT2D eigenvalue weighted by Gasteiger charge is 2.32. The summed E-state index contributed by atoms with van der Waals surface area (Å²) in [6.07, 6.45) is 4.85. The fourth-order valence-electron chi connectivity index (χ4n) is 9.55. The van der Waals surface area contributed by atoms with Gasteiger partial charge in [0.25, 0.3) is 17.3 Å². The molecule has 5 aliphatic rings. The zero-order valence-electron chi connectivity index (χ0n) is 52.1. The molecule has 0 radical (unpaired) electrons. The number of alkyl halides is 1. The number of phenolic OH excluding ortho intramolecular Hbond substituents is 1. The van der Waals surface area contributed by atoms with Crippen LogP contribution in [0.2, 0.25) is 0 Å². The first-order valence-corrected chi connectivity index (χ1v) is 30.7. The van der Waals surface area contributed by atoms with Gasteiger partial charge in [-0.1, -0.05) is 34.7 Å². The minimum absolute atomic E-state index is 0.0517. The van der Waals surface area contributed by atoms with Crippen LogP contribution >= 0.6 is 22.6 Å². The predicted octanol–water partition coefficient (Wildman–Crippen LogP) is 8.90. The van der Waals surface area contributed by atoms with Crippen LogP contribution in [0.15, 0.2) is 172 Å². The zero-order chi connectivity index (χ0) is 70.1. The molecule has 27 nitrogen and oxygen atoms in total. The topological polar surface area (TPSA) is 369 Å². The van der Waals surface area contributed by atoms with Gasteiger partial charge in [-0.2, -0.15) is 8.42 Å². The fraction of sp³-hybridized carbons (Fsp3) is 0.152. The Bertz CT molecular complexity index is 4710. The van der Waals surface area contributed by atoms with Gasteiger partial charge < -0.3 is 48.7 Å². The molecule has 2 aliphatic carbocycles. The molecular weight excluding hydrogens is 1370 g/mol. The summed E-state index contributed by atoms with van der Waals surface area (Å²) in [5.41, 5.74) is 8.46. The van der Waals surface area contributed by atoms with Crippen LogP contribution in [0.25, 0.3) is 39.0 Å². The van der Waals surface area contributed by atoms with Gasteiger partial charge in [0, 0.05) is 153 Å². The zero-order valence-corrected chi connectivity index (χ0v) is 55.1. The molecule has 3 heterocycles. The van der Waals surface area contributed by atoms with Crippen molar-refractivity contribution in [1.29, 1.82) is 0 Å². The molecule has 29 heteroatoms. The number of anilines is 3. The quantitative estimate of drug-likeness (QED) is 0.00948. The average molecular weight is 1430 g/mol. The summed E-state index contributed by atoms with van der Waals surface area (Å²) in [5.74, 6) is -2.36. The SMILES string of the molecule is C=[N+](C)c1cccc(O)c1.CN(C)c1ccc2c(-c3ccc([N+](=O)[O-])cc3C(=O)[O-])c3ccc(=[N+](C)C)cc-3oc2c1.CN(C)c1ccc2c(c1)Oc1cc(N(C)C)ccc1C2=C1C=CC(=NC(=O)CI)C=C1C(=O)O.O=C1OC(=O)c2cc([N+](=O)[O-])ccc21.O=S(=O)(O)O. The highest BCUT2D eigenvalue weighted by molar-refractivity contribution is 14.1. The molecule has 3 aliphatic heterocycles. The number of amides is 1. The highest BCUT2D eigenvalue weighted by atomic mass is 127. The highest BCUT2D eigenvalue weighted by Crippen LogP contribution is 2.49. The molecule has 0 aromatic heterocycles. The molecule has 0 saturated heterocycles. The van der Waals surface area contributed by atoms with E-state index in [2.05, 4.69) is 16.4 Å². The third-order valence-electron chi connectivity index (χ3n) is 14.1. The van der Waals surface area contributed by atoms with E-state index in [-0.39, 0.29) is 49.7 Å². The first kappa shape index (κ1) is 71.2. The van der Waals surface area contributed by atoms with E-state index < -0.39 is 44.1 Å². The summed E-state index contributed by atoms with van der Waals surface area (Å²) in [4.78, 5) is 88.2. The number of nitro groups is 2. The second-order valence-electron chi connectivity index (χ2n) is 21.5. The number of carbonyl (C=O) groups excluding carboxylic acids is 4. The monoisotopic (exact) mass is 1430 g/mol. The van der Waals surface area contributed by atoms with E-state index in [1.165, 1.54) is 24.3 Å². The van der Waals surface area contributed by atoms with Gasteiger partial charge in [-0.15, -0.1) is 0 Å². The van der Waals surface area contributed by atoms with E-state index in [4.69, 9.17) is 31.8 Å². The van der Waals surface area contributed by atoms with Gasteiger partial charge in [0.15, 0.2) is 0 Å². The Hall–Kier alpha value is -11.3. The number of carboxylic acid groups (broad SMARTS) is 2. The molecule has 490 valence electrons. The normalized spacial score (nSPS) is 12.8. The lowest BCUT2D eigenvalue weighted by molar-refractivity contribution is -0.394. The number of fused-ring (bicyclic) bond motifs is 5. The van der Waals surface area contributed by atoms with E-state index in [0.29, 0.717) is 56.2 Å². The Morgan fingerprint density at radius 3 is 1.67 bits per heavy atom. The van der Waals surface area contributed by atoms with Crippen molar-refractivity contribution in [3.63, 3.8) is 0 Å². The van der Waals surface area contributed by atoms with Crippen LogP contribution in [0.1, 0.15) is 42.2 Å². The molecule has 0 unspecified atom stereocenters. The van der Waals surface area contributed by atoms with Crippen molar-refractivity contribution >= 4 is 126 Å². The number of hydrogen-bond donors (Lipinski definition) is 4. The maximum atomic E-state index is 12.3. The number of rotatable bonds is 10. The second kappa shape index (κ2) is 30.0. The van der Waals surface area contributed by atoms with Crippen molar-refractivity contribution in [2.75, 3.05) is 82.6 Å². The lowest BCUT2D eigenvalue weighted by atomic mass is 9.84. The number of carbonyl (C=O) groups is 5. The number of cyclic esters (lactones) is 2. The molecule has 11 rings (SSSR count). The molecule has 6 aromatic carbocycles. The molecule has 1 amide bonds. The summed E-state index contributed by atoms with van der Waals surface area (Å²) in [6.45, 7) is 3.67. The number of allylic oxidation sites excluding steroid dienone is 3. The minimum atomic E-state index is -4.67. The Morgan fingerprint density at radius 2 is 1.17 bits per heavy atom. The molecule has 0 atom stereocenters. The van der Waals surface area contributed by atoms with Crippen LogP contribution in [0.4, 0.5) is 34.1 Å². The summed E-state index contributed by atoms with van der Waals surface area (Å²) in [5, 5.41) is 54.2. The summed E-state index contributed by atoms with van der Waals surface area (Å²) in [6, 6.07) is 37.2. The Labute approximate surface area is 556 Å². The number of aliphatic carboxylic acids is 1. The first-order chi connectivity index (χ1) is 44.6. The smallest absolute Gasteiger partial charge is 0.394 e. The van der Waals surface area contributed by atoms with E-state index in [1.54, 1.807) is 34.9 Å². The van der Waals surface area contributed by atoms with Crippen molar-refractivity contribution in [2.45, 2.75) is 0 Å². The predicted molar refractivity (Wildman–Crippen MR) is 363 cm³/mol. The van der Waals surface area contributed by atoms with Crippen molar-refractivity contribution in [2.24, 2.45) is 4.99 Å². The number of esters is 2. The van der Waals surface area contributed by atoms with E-state index >= 15 is 0 Å². The van der Waals surface area contributed by atoms with Crippen LogP contribution in [0.5, 0.6) is 17.2 Å². The standard InChI is InChI=1S/C26H24IN3O4.C24H21N3O5.C8H3NO5.C8H9NO.H2O4S/c1-29(2)16-6-9-19-22(12-16)34-23-13-17(30(3)4)7-10-20(23)25(19)18-8-5-15(28-24(31)14-27)11-21(18)26(32)33;1-25(2)14-5-9-18-21(12-14)32-22-13-15(26(3)4)6-10-19(22)23(18)17-8-7-16(27(30)31)11-20(17)24(28)29;10-7-5-2-1-4(9(12)13)3-6(5)8(11)14-7;1-9(2)7-4-3-5-8(10)6-7;1-5(2,3)4/h5-13H,14H2,1-4H3,(H,32,33);5-13H,1-4H3;1-3H;3-6H,1H2,2H3;(H2,1,2,3,4)/p+1. The van der Waals surface area contributed by atoms with Crippen molar-refractivity contribution < 1.29 is 85.1 Å². The van der Waals surface area contributed by atoms with Gasteiger partial charge in [0.2, 0.25) is 11.0 Å². The number of benzene rings is 7. The molecular formula is C66H60IN8O19S+. The number of phenols is 1. The van der Waals surface area contributed by atoms with Crippen molar-refractivity contribution in [1.82, 2.24) is 4.58 Å². The average Bonchev–Trinajstić information content (AvgIpc) is 1.33. The largest absolute Gasteiger partial charge is 0.545 e. The number of ether oxygens (including phenoxy) is 2. The number of aromatic hydroxyl groups is 1. The van der Waals surface area contributed by atoms with Crippen LogP contribution in [0.3, 0.4) is 0 Å². The van der Waals surface area contributed by atoms with Crippen LogP contribution in [-0.4, -0.2) is 152 Å². The lowest BCUT2D eigenvalue weighted by Gasteiger charge is -2.28. The Balaban J connectivity index is 0.000000191. The van der Waals surface area contributed by atoms with E-state index in [9.17, 15) is 54.4 Å². The first-order valence-electron chi connectivity index (χ1n) is 27.8. The third kappa shape index (κ3) is 17.5. The van der Waals surface area contributed by atoms with Crippen LogP contribution < -0.4 is 34.5 Å². The van der Waals surface area contributed by atoms with Gasteiger partial charge in [0.05, 0.1) is 54.8 Å². The van der Waals surface area contributed by atoms with E-state index in [1.807, 2.05) is 184 Å². The van der Waals surface area contributed by atoms with Gasteiger partial charge >= 0.3 is 28.3 Å². The number of nitro benzene ring substituents is 2. The molecule has 0 saturated carbocycles. The second-order valence-corrected chi connectivity index (χ2v) is 23.2. The van der Waals surface area contributed by atoms with Gasteiger partial charge in [0.1, 0.15) is 56.5 Å². The molecule has 4 N–H and O–H groups in total. The van der Waals surface area contributed by atoms with Gasteiger partial charge in [-0.3, -0.25) is 34.1 Å². The van der Waals surface area contributed by atoms with Crippen LogP contribution in [0, 0.1) is 20.2 Å². The summed E-state index contributed by atoms with van der Waals surface area (Å²) < 4.78 is 52.2. The molecule has 0 fully saturated rings. The fourth-order valence-corrected chi connectivity index (χ4v) is 9.72. The Kier molecular flexibility index (Phi) is 22.5. The lowest BCUT2D eigenvalue weighted by Crippen LogP contribution is -2.23. The number of aliphatic imine (C=N–C) groups is 1. The number of non-ortho nitro benzene ring substituents is 2. The number of aromatic carboxylic acids is 1. The van der Waals surface area contributed by atoms with Gasteiger partial charge in [-0.05, 0) is 84.0 Å². The number of carboxylic acids is 2. The maximum absolute atomic E-state index is 12.3. The van der Waals surface area contributed by atoms with Crippen molar-refractivity contribution in [3.8, 4) is 39.7 Å². The molecule has 95 heavy (non-hydrogen) atoms. The summed E-state index contributed by atoms with van der Waals surface area (Å²) >= 11 is 1.93. The number of nitrogens with zero attached hydrogens (tertiary/aromatic N) is 8. The minimum Gasteiger partial charge on any atom is -0.545 e. The molecule has 0 bridgehead atoms. The van der Waals surface area contributed by atoms with E-state index in [0.717, 1.165) is 63.0 Å². The molecule has 0 spiro atoms. The third-order valence-corrected chi connectivity index (χ3v) is 14.8.